The van der Waals surface area contributed by atoms with Gasteiger partial charge in [0.15, 0.2) is 0 Å². The maximum Gasteiger partial charge on any atom is 0.255 e. The molecule has 6 heteroatoms. The van der Waals surface area contributed by atoms with Gasteiger partial charge < -0.3 is 9.64 Å². The maximum atomic E-state index is 12.5. The SMILES string of the molecule is O=C(c1cc(Br)ccc1Br)N1CCOCC1CCl. The predicted molar refractivity (Wildman–Crippen MR) is 78.2 cm³/mol. The molecule has 98 valence electrons. The van der Waals surface area contributed by atoms with Crippen molar-refractivity contribution in [3.8, 4) is 0 Å². The quantitative estimate of drug-likeness (QED) is 0.717. The Balaban J connectivity index is 2.26. The van der Waals surface area contributed by atoms with Gasteiger partial charge in [-0.05, 0) is 34.1 Å². The van der Waals surface area contributed by atoms with Crippen LogP contribution in [0, 0.1) is 0 Å². The van der Waals surface area contributed by atoms with Gasteiger partial charge in [-0.1, -0.05) is 15.9 Å². The topological polar surface area (TPSA) is 29.5 Å². The van der Waals surface area contributed by atoms with Crippen LogP contribution >= 0.6 is 43.5 Å². The van der Waals surface area contributed by atoms with E-state index in [4.69, 9.17) is 16.3 Å². The van der Waals surface area contributed by atoms with Crippen LogP contribution in [-0.4, -0.2) is 42.5 Å². The zero-order chi connectivity index (χ0) is 13.1. The Morgan fingerprint density at radius 3 is 3.00 bits per heavy atom. The third kappa shape index (κ3) is 3.07. The lowest BCUT2D eigenvalue weighted by molar-refractivity contribution is 0.00450. The molecular weight excluding hydrogens is 385 g/mol. The van der Waals surface area contributed by atoms with Gasteiger partial charge in [0, 0.05) is 21.4 Å². The first-order valence-electron chi connectivity index (χ1n) is 5.53. The molecule has 1 aliphatic heterocycles. The molecule has 18 heavy (non-hydrogen) atoms. The highest BCUT2D eigenvalue weighted by atomic mass is 79.9. The van der Waals surface area contributed by atoms with E-state index < -0.39 is 0 Å². The summed E-state index contributed by atoms with van der Waals surface area (Å²) >= 11 is 12.7. The minimum Gasteiger partial charge on any atom is -0.377 e. The smallest absolute Gasteiger partial charge is 0.255 e. The number of ether oxygens (including phenoxy) is 1. The van der Waals surface area contributed by atoms with Gasteiger partial charge in [0.2, 0.25) is 0 Å². The summed E-state index contributed by atoms with van der Waals surface area (Å²) in [4.78, 5) is 14.3. The minimum absolute atomic E-state index is 0.0166. The van der Waals surface area contributed by atoms with Gasteiger partial charge in [-0.15, -0.1) is 11.6 Å². The van der Waals surface area contributed by atoms with E-state index in [2.05, 4.69) is 31.9 Å². The Labute approximate surface area is 128 Å². The largest absolute Gasteiger partial charge is 0.377 e. The van der Waals surface area contributed by atoms with Crippen molar-refractivity contribution in [2.75, 3.05) is 25.6 Å². The van der Waals surface area contributed by atoms with Crippen LogP contribution in [0.4, 0.5) is 0 Å². The van der Waals surface area contributed by atoms with E-state index >= 15 is 0 Å². The third-order valence-corrected chi connectivity index (χ3v) is 4.37. The fraction of sp³-hybridized carbons (Fsp3) is 0.417. The summed E-state index contributed by atoms with van der Waals surface area (Å²) in [6.45, 7) is 1.64. The highest BCUT2D eigenvalue weighted by molar-refractivity contribution is 9.11. The minimum atomic E-state index is -0.0567. The van der Waals surface area contributed by atoms with Crippen molar-refractivity contribution in [2.24, 2.45) is 0 Å². The molecular formula is C12H12Br2ClNO2. The molecule has 0 aliphatic carbocycles. The summed E-state index contributed by atoms with van der Waals surface area (Å²) < 4.78 is 7.01. The summed E-state index contributed by atoms with van der Waals surface area (Å²) in [6, 6.07) is 5.50. The molecule has 0 radical (unpaired) electrons. The van der Waals surface area contributed by atoms with Crippen LogP contribution in [0.1, 0.15) is 10.4 Å². The number of carbonyl (C=O) groups is 1. The summed E-state index contributed by atoms with van der Waals surface area (Å²) in [5.74, 6) is 0.370. The Morgan fingerprint density at radius 1 is 1.50 bits per heavy atom. The molecule has 2 rings (SSSR count). The normalized spacial score (nSPS) is 19.9. The van der Waals surface area contributed by atoms with Gasteiger partial charge >= 0.3 is 0 Å². The molecule has 1 fully saturated rings. The Hall–Kier alpha value is -0.100. The number of hydrogen-bond donors (Lipinski definition) is 0. The lowest BCUT2D eigenvalue weighted by Gasteiger charge is -2.34. The molecule has 0 aromatic heterocycles. The fourth-order valence-electron chi connectivity index (χ4n) is 1.87. The van der Waals surface area contributed by atoms with Gasteiger partial charge in [-0.3, -0.25) is 4.79 Å². The highest BCUT2D eigenvalue weighted by Gasteiger charge is 2.28. The summed E-state index contributed by atoms with van der Waals surface area (Å²) in [7, 11) is 0. The van der Waals surface area contributed by atoms with Gasteiger partial charge in [-0.2, -0.15) is 0 Å². The average molecular weight is 397 g/mol. The van der Waals surface area contributed by atoms with Gasteiger partial charge in [0.25, 0.3) is 5.91 Å². The monoisotopic (exact) mass is 395 g/mol. The number of carbonyl (C=O) groups excluding carboxylic acids is 1. The highest BCUT2D eigenvalue weighted by Crippen LogP contribution is 2.24. The standard InChI is InChI=1S/C12H12Br2ClNO2/c13-8-1-2-11(14)10(5-8)12(17)16-3-4-18-7-9(16)6-15/h1-2,5,9H,3-4,6-7H2. The maximum absolute atomic E-state index is 12.5. The summed E-state index contributed by atoms with van der Waals surface area (Å²) in [5.41, 5.74) is 0.640. The molecule has 1 aromatic carbocycles. The Kier molecular flexibility index (Phi) is 5.06. The third-order valence-electron chi connectivity index (χ3n) is 2.83. The van der Waals surface area contributed by atoms with E-state index in [0.29, 0.717) is 31.2 Å². The summed E-state index contributed by atoms with van der Waals surface area (Å²) in [6.07, 6.45) is 0. The van der Waals surface area contributed by atoms with E-state index in [9.17, 15) is 4.79 Å². The van der Waals surface area contributed by atoms with Crippen LogP contribution in [0.5, 0.6) is 0 Å². The number of alkyl halides is 1. The second kappa shape index (κ2) is 6.37. The van der Waals surface area contributed by atoms with Gasteiger partial charge in [0.05, 0.1) is 24.8 Å². The van der Waals surface area contributed by atoms with E-state index in [1.54, 1.807) is 4.90 Å². The summed E-state index contributed by atoms with van der Waals surface area (Å²) in [5, 5.41) is 0. The number of amides is 1. The average Bonchev–Trinajstić information content (AvgIpc) is 2.40. The zero-order valence-corrected chi connectivity index (χ0v) is 13.5. The van der Waals surface area contributed by atoms with Gasteiger partial charge in [0.1, 0.15) is 0 Å². The second-order valence-electron chi connectivity index (χ2n) is 4.01. The molecule has 1 unspecified atom stereocenters. The van der Waals surface area contributed by atoms with Crippen molar-refractivity contribution in [1.29, 1.82) is 0 Å². The molecule has 3 nitrogen and oxygen atoms in total. The van der Waals surface area contributed by atoms with E-state index in [1.807, 2.05) is 18.2 Å². The fourth-order valence-corrected chi connectivity index (χ4v) is 2.90. The number of nitrogens with zero attached hydrogens (tertiary/aromatic N) is 1. The molecule has 0 bridgehead atoms. The van der Waals surface area contributed by atoms with Crippen molar-refractivity contribution < 1.29 is 9.53 Å². The number of hydrogen-bond acceptors (Lipinski definition) is 2. The van der Waals surface area contributed by atoms with E-state index in [1.165, 1.54) is 0 Å². The predicted octanol–water partition coefficient (Wildman–Crippen LogP) is 3.29. The van der Waals surface area contributed by atoms with Crippen molar-refractivity contribution in [3.63, 3.8) is 0 Å². The molecule has 0 spiro atoms. The molecule has 0 N–H and O–H groups in total. The van der Waals surface area contributed by atoms with Crippen molar-refractivity contribution in [2.45, 2.75) is 6.04 Å². The molecule has 1 amide bonds. The van der Waals surface area contributed by atoms with Crippen LogP contribution in [0.15, 0.2) is 27.1 Å². The van der Waals surface area contributed by atoms with Crippen LogP contribution in [0.3, 0.4) is 0 Å². The first-order valence-corrected chi connectivity index (χ1v) is 7.65. The van der Waals surface area contributed by atoms with Crippen LogP contribution < -0.4 is 0 Å². The molecule has 1 aliphatic rings. The van der Waals surface area contributed by atoms with Crippen LogP contribution in [0.25, 0.3) is 0 Å². The van der Waals surface area contributed by atoms with Crippen LogP contribution in [0.2, 0.25) is 0 Å². The van der Waals surface area contributed by atoms with Crippen molar-refractivity contribution >= 4 is 49.4 Å². The Bertz CT molecular complexity index is 456. The first-order chi connectivity index (χ1) is 8.63. The Morgan fingerprint density at radius 2 is 2.28 bits per heavy atom. The number of halogens is 3. The molecule has 1 aromatic rings. The number of benzene rings is 1. The van der Waals surface area contributed by atoms with E-state index in [0.717, 1.165) is 8.95 Å². The lowest BCUT2D eigenvalue weighted by Crippen LogP contribution is -2.49. The van der Waals surface area contributed by atoms with Crippen LogP contribution in [-0.2, 0) is 4.74 Å². The number of rotatable bonds is 2. The molecule has 1 saturated heterocycles. The molecule has 1 atom stereocenters. The van der Waals surface area contributed by atoms with E-state index in [-0.39, 0.29) is 11.9 Å². The van der Waals surface area contributed by atoms with Crippen molar-refractivity contribution in [1.82, 2.24) is 4.90 Å². The lowest BCUT2D eigenvalue weighted by atomic mass is 10.1. The van der Waals surface area contributed by atoms with Gasteiger partial charge in [-0.25, -0.2) is 0 Å². The zero-order valence-electron chi connectivity index (χ0n) is 9.54. The first kappa shape index (κ1) is 14.3. The van der Waals surface area contributed by atoms with Crippen molar-refractivity contribution in [3.05, 3.63) is 32.7 Å². The second-order valence-corrected chi connectivity index (χ2v) is 6.08. The number of morpholine rings is 1. The molecule has 1 heterocycles. The molecule has 0 saturated carbocycles.